The van der Waals surface area contributed by atoms with Gasteiger partial charge in [0.05, 0.1) is 0 Å². The molecule has 1 amide bonds. The van der Waals surface area contributed by atoms with Crippen LogP contribution in [0, 0.1) is 0 Å². The van der Waals surface area contributed by atoms with Crippen LogP contribution in [0.4, 0.5) is 11.4 Å². The molecule has 1 aromatic rings. The van der Waals surface area contributed by atoms with Crippen LogP contribution in [0.2, 0.25) is 0 Å². The summed E-state index contributed by atoms with van der Waals surface area (Å²) in [5.41, 5.74) is 1.95. The van der Waals surface area contributed by atoms with Gasteiger partial charge >= 0.3 is 0 Å². The number of nitrogens with one attached hydrogen (secondary N) is 3. The van der Waals surface area contributed by atoms with E-state index in [2.05, 4.69) is 16.0 Å². The number of carbonyl (C=O) groups is 1. The molecule has 1 aliphatic heterocycles. The molecule has 19 heavy (non-hydrogen) atoms. The number of rotatable bonds is 5. The summed E-state index contributed by atoms with van der Waals surface area (Å²) < 4.78 is 0. The van der Waals surface area contributed by atoms with Gasteiger partial charge in [-0.1, -0.05) is 13.3 Å². The molecule has 1 saturated heterocycles. The maximum atomic E-state index is 11.3. The van der Waals surface area contributed by atoms with Crippen molar-refractivity contribution < 1.29 is 4.79 Å². The van der Waals surface area contributed by atoms with Gasteiger partial charge in [-0.2, -0.15) is 0 Å². The fourth-order valence-corrected chi connectivity index (χ4v) is 2.26. The molecule has 0 aliphatic carbocycles. The van der Waals surface area contributed by atoms with E-state index in [9.17, 15) is 4.79 Å². The van der Waals surface area contributed by atoms with Crippen molar-refractivity contribution in [3.8, 4) is 0 Å². The van der Waals surface area contributed by atoms with Crippen LogP contribution in [0.5, 0.6) is 0 Å². The molecule has 0 saturated carbocycles. The molecule has 4 heteroatoms. The standard InChI is InChI=1S/C15H23N3O/c1-2-15(19)18-13-8-6-12(7-9-13)17-11-14-5-3-4-10-16-14/h6-9,14,16-17H,2-5,10-11H2,1H3,(H,18,19). The highest BCUT2D eigenvalue weighted by Gasteiger charge is 2.11. The molecule has 0 aromatic heterocycles. The van der Waals surface area contributed by atoms with E-state index in [-0.39, 0.29) is 5.91 Å². The Balaban J connectivity index is 1.79. The van der Waals surface area contributed by atoms with Gasteiger partial charge in [0.15, 0.2) is 0 Å². The van der Waals surface area contributed by atoms with E-state index >= 15 is 0 Å². The maximum Gasteiger partial charge on any atom is 0.224 e. The molecular formula is C15H23N3O. The van der Waals surface area contributed by atoms with Crippen LogP contribution in [0.15, 0.2) is 24.3 Å². The summed E-state index contributed by atoms with van der Waals surface area (Å²) in [6, 6.07) is 8.46. The second-order valence-corrected chi connectivity index (χ2v) is 5.01. The van der Waals surface area contributed by atoms with Gasteiger partial charge in [0, 0.05) is 30.4 Å². The smallest absolute Gasteiger partial charge is 0.224 e. The Hall–Kier alpha value is -1.55. The highest BCUT2D eigenvalue weighted by atomic mass is 16.1. The topological polar surface area (TPSA) is 53.2 Å². The SMILES string of the molecule is CCC(=O)Nc1ccc(NCC2CCCCN2)cc1. The molecule has 1 unspecified atom stereocenters. The third-order valence-electron chi connectivity index (χ3n) is 3.45. The maximum absolute atomic E-state index is 11.3. The largest absolute Gasteiger partial charge is 0.383 e. The summed E-state index contributed by atoms with van der Waals surface area (Å²) in [5.74, 6) is 0.0483. The van der Waals surface area contributed by atoms with E-state index < -0.39 is 0 Å². The van der Waals surface area contributed by atoms with Gasteiger partial charge in [0.1, 0.15) is 0 Å². The van der Waals surface area contributed by atoms with E-state index in [1.807, 2.05) is 31.2 Å². The number of piperidine rings is 1. The number of amides is 1. The van der Waals surface area contributed by atoms with Crippen LogP contribution < -0.4 is 16.0 Å². The Kier molecular flexibility index (Phi) is 5.21. The lowest BCUT2D eigenvalue weighted by atomic mass is 10.1. The number of anilines is 2. The van der Waals surface area contributed by atoms with Crippen molar-refractivity contribution in [2.45, 2.75) is 38.6 Å². The lowest BCUT2D eigenvalue weighted by Crippen LogP contribution is -2.39. The van der Waals surface area contributed by atoms with Crippen LogP contribution >= 0.6 is 0 Å². The molecule has 1 atom stereocenters. The first-order chi connectivity index (χ1) is 9.28. The highest BCUT2D eigenvalue weighted by Crippen LogP contribution is 2.14. The predicted molar refractivity (Wildman–Crippen MR) is 79.5 cm³/mol. The lowest BCUT2D eigenvalue weighted by Gasteiger charge is -2.24. The quantitative estimate of drug-likeness (QED) is 0.763. The zero-order valence-electron chi connectivity index (χ0n) is 11.5. The monoisotopic (exact) mass is 261 g/mol. The fraction of sp³-hybridized carbons (Fsp3) is 0.533. The van der Waals surface area contributed by atoms with Crippen molar-refractivity contribution in [3.05, 3.63) is 24.3 Å². The average molecular weight is 261 g/mol. The molecule has 104 valence electrons. The number of carbonyl (C=O) groups excluding carboxylic acids is 1. The van der Waals surface area contributed by atoms with E-state index in [4.69, 9.17) is 0 Å². The first-order valence-corrected chi connectivity index (χ1v) is 7.15. The average Bonchev–Trinajstić information content (AvgIpc) is 2.47. The summed E-state index contributed by atoms with van der Waals surface area (Å²) in [5, 5.41) is 9.79. The Labute approximate surface area is 115 Å². The predicted octanol–water partition coefficient (Wildman–Crippen LogP) is 2.59. The first-order valence-electron chi connectivity index (χ1n) is 7.15. The number of benzene rings is 1. The Morgan fingerprint density at radius 1 is 1.26 bits per heavy atom. The molecule has 1 heterocycles. The van der Waals surface area contributed by atoms with Crippen LogP contribution in [-0.2, 0) is 4.79 Å². The van der Waals surface area contributed by atoms with Crippen molar-refractivity contribution in [2.24, 2.45) is 0 Å². The van der Waals surface area contributed by atoms with Crippen LogP contribution in [0.3, 0.4) is 0 Å². The van der Waals surface area contributed by atoms with Crippen molar-refractivity contribution in [2.75, 3.05) is 23.7 Å². The summed E-state index contributed by atoms with van der Waals surface area (Å²) in [6.07, 6.45) is 4.37. The molecule has 0 spiro atoms. The van der Waals surface area contributed by atoms with Gasteiger partial charge in [-0.3, -0.25) is 4.79 Å². The van der Waals surface area contributed by atoms with Crippen molar-refractivity contribution in [1.29, 1.82) is 0 Å². The van der Waals surface area contributed by atoms with Gasteiger partial charge in [-0.05, 0) is 43.7 Å². The van der Waals surface area contributed by atoms with Crippen LogP contribution in [0.1, 0.15) is 32.6 Å². The minimum atomic E-state index is 0.0483. The molecule has 4 nitrogen and oxygen atoms in total. The second kappa shape index (κ2) is 7.14. The fourth-order valence-electron chi connectivity index (χ4n) is 2.26. The van der Waals surface area contributed by atoms with E-state index in [0.717, 1.165) is 24.5 Å². The Bertz CT molecular complexity index is 396. The summed E-state index contributed by atoms with van der Waals surface area (Å²) in [6.45, 7) is 3.94. The van der Waals surface area contributed by atoms with Gasteiger partial charge in [-0.15, -0.1) is 0 Å². The van der Waals surface area contributed by atoms with Gasteiger partial charge in [-0.25, -0.2) is 0 Å². The first kappa shape index (κ1) is 13.9. The van der Waals surface area contributed by atoms with Crippen molar-refractivity contribution >= 4 is 17.3 Å². The van der Waals surface area contributed by atoms with Gasteiger partial charge in [0.25, 0.3) is 0 Å². The number of hydrogen-bond acceptors (Lipinski definition) is 3. The van der Waals surface area contributed by atoms with E-state index in [1.165, 1.54) is 19.3 Å². The Morgan fingerprint density at radius 3 is 2.63 bits per heavy atom. The van der Waals surface area contributed by atoms with Gasteiger partial charge in [0.2, 0.25) is 5.91 Å². The Morgan fingerprint density at radius 2 is 2.00 bits per heavy atom. The minimum absolute atomic E-state index is 0.0483. The van der Waals surface area contributed by atoms with Gasteiger partial charge < -0.3 is 16.0 Å². The molecule has 3 N–H and O–H groups in total. The molecular weight excluding hydrogens is 238 g/mol. The molecule has 0 bridgehead atoms. The lowest BCUT2D eigenvalue weighted by molar-refractivity contribution is -0.115. The number of hydrogen-bond donors (Lipinski definition) is 3. The van der Waals surface area contributed by atoms with E-state index in [1.54, 1.807) is 0 Å². The zero-order valence-corrected chi connectivity index (χ0v) is 11.5. The van der Waals surface area contributed by atoms with Crippen LogP contribution in [0.25, 0.3) is 0 Å². The summed E-state index contributed by atoms with van der Waals surface area (Å²) in [4.78, 5) is 11.3. The second-order valence-electron chi connectivity index (χ2n) is 5.01. The third kappa shape index (κ3) is 4.56. The molecule has 0 radical (unpaired) electrons. The van der Waals surface area contributed by atoms with E-state index in [0.29, 0.717) is 12.5 Å². The highest BCUT2D eigenvalue weighted by molar-refractivity contribution is 5.90. The molecule has 1 fully saturated rings. The van der Waals surface area contributed by atoms with Crippen molar-refractivity contribution in [3.63, 3.8) is 0 Å². The van der Waals surface area contributed by atoms with Crippen molar-refractivity contribution in [1.82, 2.24) is 5.32 Å². The normalized spacial score (nSPS) is 18.9. The molecule has 1 aromatic carbocycles. The summed E-state index contributed by atoms with van der Waals surface area (Å²) >= 11 is 0. The third-order valence-corrected chi connectivity index (χ3v) is 3.45. The zero-order chi connectivity index (χ0) is 13.5. The molecule has 1 aliphatic rings. The van der Waals surface area contributed by atoms with Crippen LogP contribution in [-0.4, -0.2) is 25.0 Å². The minimum Gasteiger partial charge on any atom is -0.383 e. The summed E-state index contributed by atoms with van der Waals surface area (Å²) in [7, 11) is 0. The molecule has 2 rings (SSSR count).